The van der Waals surface area contributed by atoms with Gasteiger partial charge in [0.2, 0.25) is 0 Å². The number of thiocarbonyl (C=S) groups is 1. The van der Waals surface area contributed by atoms with Gasteiger partial charge in [-0.2, -0.15) is 0 Å². The molecule has 0 radical (unpaired) electrons. The Balaban J connectivity index is 2.36. The quantitative estimate of drug-likeness (QED) is 0.829. The van der Waals surface area contributed by atoms with Crippen LogP contribution in [0.15, 0.2) is 54.6 Å². The summed E-state index contributed by atoms with van der Waals surface area (Å²) in [6.07, 6.45) is 0. The van der Waals surface area contributed by atoms with Crippen LogP contribution in [-0.4, -0.2) is 5.11 Å². The van der Waals surface area contributed by atoms with E-state index in [-0.39, 0.29) is 6.04 Å². The Kier molecular flexibility index (Phi) is 3.95. The van der Waals surface area contributed by atoms with E-state index in [4.69, 9.17) is 18.0 Å². The highest BCUT2D eigenvalue weighted by atomic mass is 32.1. The van der Waals surface area contributed by atoms with E-state index < -0.39 is 0 Å². The SMILES string of the molecule is Cc1ccc(C(NC(N)=S)c2ccccc2)cc1. The molecule has 0 heterocycles. The third-order valence-corrected chi connectivity index (χ3v) is 2.95. The average molecular weight is 256 g/mol. The Morgan fingerprint density at radius 3 is 2.11 bits per heavy atom. The van der Waals surface area contributed by atoms with Gasteiger partial charge in [0, 0.05) is 0 Å². The Bertz CT molecular complexity index is 520. The maximum atomic E-state index is 5.62. The first-order chi connectivity index (χ1) is 8.66. The number of rotatable bonds is 3. The third-order valence-electron chi connectivity index (χ3n) is 2.83. The molecule has 0 saturated heterocycles. The first-order valence-electron chi connectivity index (χ1n) is 5.84. The van der Waals surface area contributed by atoms with Gasteiger partial charge >= 0.3 is 0 Å². The summed E-state index contributed by atoms with van der Waals surface area (Å²) in [6.45, 7) is 2.07. The second kappa shape index (κ2) is 5.65. The van der Waals surface area contributed by atoms with Crippen LogP contribution in [-0.2, 0) is 0 Å². The summed E-state index contributed by atoms with van der Waals surface area (Å²) >= 11 is 4.96. The molecule has 18 heavy (non-hydrogen) atoms. The molecule has 0 bridgehead atoms. The molecule has 1 atom stereocenters. The van der Waals surface area contributed by atoms with Crippen LogP contribution in [0.5, 0.6) is 0 Å². The first-order valence-corrected chi connectivity index (χ1v) is 6.25. The van der Waals surface area contributed by atoms with Gasteiger partial charge in [-0.05, 0) is 30.3 Å². The molecule has 2 rings (SSSR count). The van der Waals surface area contributed by atoms with Gasteiger partial charge in [0.15, 0.2) is 5.11 Å². The van der Waals surface area contributed by atoms with Crippen LogP contribution < -0.4 is 11.1 Å². The van der Waals surface area contributed by atoms with Crippen molar-refractivity contribution >= 4 is 17.3 Å². The van der Waals surface area contributed by atoms with Crippen molar-refractivity contribution in [3.05, 3.63) is 71.3 Å². The van der Waals surface area contributed by atoms with Crippen LogP contribution in [0, 0.1) is 6.92 Å². The molecular formula is C15H16N2S. The minimum absolute atomic E-state index is 0.00398. The van der Waals surface area contributed by atoms with Crippen LogP contribution in [0.4, 0.5) is 0 Å². The van der Waals surface area contributed by atoms with E-state index in [1.807, 2.05) is 18.2 Å². The predicted molar refractivity (Wildman–Crippen MR) is 79.4 cm³/mol. The lowest BCUT2D eigenvalue weighted by Crippen LogP contribution is -2.33. The topological polar surface area (TPSA) is 38.0 Å². The Labute approximate surface area is 113 Å². The number of benzene rings is 2. The molecule has 2 nitrogen and oxygen atoms in total. The molecule has 2 aromatic rings. The van der Waals surface area contributed by atoms with Gasteiger partial charge in [0.05, 0.1) is 6.04 Å². The summed E-state index contributed by atoms with van der Waals surface area (Å²) < 4.78 is 0. The zero-order chi connectivity index (χ0) is 13.0. The zero-order valence-electron chi connectivity index (χ0n) is 10.3. The number of nitrogens with two attached hydrogens (primary N) is 1. The van der Waals surface area contributed by atoms with Crippen molar-refractivity contribution < 1.29 is 0 Å². The minimum Gasteiger partial charge on any atom is -0.376 e. The summed E-state index contributed by atoms with van der Waals surface area (Å²) in [5.41, 5.74) is 9.15. The largest absolute Gasteiger partial charge is 0.376 e. The molecule has 0 amide bonds. The van der Waals surface area contributed by atoms with E-state index in [9.17, 15) is 0 Å². The molecule has 0 saturated carbocycles. The minimum atomic E-state index is 0.00398. The highest BCUT2D eigenvalue weighted by Crippen LogP contribution is 2.22. The lowest BCUT2D eigenvalue weighted by Gasteiger charge is -2.20. The second-order valence-electron chi connectivity index (χ2n) is 4.26. The fraction of sp³-hybridized carbons (Fsp3) is 0.133. The van der Waals surface area contributed by atoms with Gasteiger partial charge in [-0.25, -0.2) is 0 Å². The maximum Gasteiger partial charge on any atom is 0.164 e. The van der Waals surface area contributed by atoms with Gasteiger partial charge in [0.1, 0.15) is 0 Å². The Morgan fingerprint density at radius 1 is 1.00 bits per heavy atom. The van der Waals surface area contributed by atoms with Crippen molar-refractivity contribution in [1.82, 2.24) is 5.32 Å². The lowest BCUT2D eigenvalue weighted by molar-refractivity contribution is 0.765. The second-order valence-corrected chi connectivity index (χ2v) is 4.70. The molecule has 0 aliphatic heterocycles. The smallest absolute Gasteiger partial charge is 0.164 e. The molecule has 3 N–H and O–H groups in total. The predicted octanol–water partition coefficient (Wildman–Crippen LogP) is 2.92. The summed E-state index contributed by atoms with van der Waals surface area (Å²) in [5, 5.41) is 3.45. The lowest BCUT2D eigenvalue weighted by atomic mass is 9.98. The van der Waals surface area contributed by atoms with E-state index >= 15 is 0 Å². The molecule has 2 aromatic carbocycles. The molecule has 0 spiro atoms. The van der Waals surface area contributed by atoms with Crippen molar-refractivity contribution in [3.8, 4) is 0 Å². The van der Waals surface area contributed by atoms with E-state index in [0.29, 0.717) is 5.11 Å². The number of nitrogens with one attached hydrogen (secondary N) is 1. The van der Waals surface area contributed by atoms with Crippen LogP contribution in [0.3, 0.4) is 0 Å². The van der Waals surface area contributed by atoms with E-state index in [0.717, 1.165) is 11.1 Å². The fourth-order valence-corrected chi connectivity index (χ4v) is 2.02. The van der Waals surface area contributed by atoms with Crippen molar-refractivity contribution in [2.24, 2.45) is 5.73 Å². The van der Waals surface area contributed by atoms with E-state index in [1.54, 1.807) is 0 Å². The van der Waals surface area contributed by atoms with Crippen LogP contribution in [0.2, 0.25) is 0 Å². The first kappa shape index (κ1) is 12.6. The molecule has 0 fully saturated rings. The van der Waals surface area contributed by atoms with Crippen molar-refractivity contribution in [1.29, 1.82) is 0 Å². The van der Waals surface area contributed by atoms with Crippen molar-refractivity contribution in [2.75, 3.05) is 0 Å². The Hall–Kier alpha value is -1.87. The number of hydrogen-bond acceptors (Lipinski definition) is 1. The normalized spacial score (nSPS) is 11.8. The monoisotopic (exact) mass is 256 g/mol. The highest BCUT2D eigenvalue weighted by molar-refractivity contribution is 7.80. The molecule has 0 aliphatic carbocycles. The zero-order valence-corrected chi connectivity index (χ0v) is 11.1. The van der Waals surface area contributed by atoms with Crippen molar-refractivity contribution in [2.45, 2.75) is 13.0 Å². The van der Waals surface area contributed by atoms with Gasteiger partial charge in [-0.15, -0.1) is 0 Å². The summed E-state index contributed by atoms with van der Waals surface area (Å²) in [4.78, 5) is 0. The summed E-state index contributed by atoms with van der Waals surface area (Å²) in [6, 6.07) is 18.5. The van der Waals surface area contributed by atoms with Crippen LogP contribution in [0.1, 0.15) is 22.7 Å². The van der Waals surface area contributed by atoms with Gasteiger partial charge in [0.25, 0.3) is 0 Å². The molecular weight excluding hydrogens is 240 g/mol. The fourth-order valence-electron chi connectivity index (χ4n) is 1.91. The summed E-state index contributed by atoms with van der Waals surface area (Å²) in [5.74, 6) is 0. The van der Waals surface area contributed by atoms with Crippen LogP contribution in [0.25, 0.3) is 0 Å². The van der Waals surface area contributed by atoms with Crippen LogP contribution >= 0.6 is 12.2 Å². The molecule has 3 heteroatoms. The third kappa shape index (κ3) is 3.08. The summed E-state index contributed by atoms with van der Waals surface area (Å²) in [7, 11) is 0. The molecule has 0 aromatic heterocycles. The number of aryl methyl sites for hydroxylation is 1. The van der Waals surface area contributed by atoms with Crippen molar-refractivity contribution in [3.63, 3.8) is 0 Å². The average Bonchev–Trinajstić information content (AvgIpc) is 2.38. The standard InChI is InChI=1S/C15H16N2S/c1-11-7-9-13(10-8-11)14(17-15(16)18)12-5-3-2-4-6-12/h2-10,14H,1H3,(H3,16,17,18). The van der Waals surface area contributed by atoms with Gasteiger partial charge in [-0.3, -0.25) is 0 Å². The van der Waals surface area contributed by atoms with Gasteiger partial charge in [-0.1, -0.05) is 60.2 Å². The van der Waals surface area contributed by atoms with E-state index in [2.05, 4.69) is 48.6 Å². The molecule has 92 valence electrons. The molecule has 1 unspecified atom stereocenters. The highest BCUT2D eigenvalue weighted by Gasteiger charge is 2.13. The number of hydrogen-bond donors (Lipinski definition) is 2. The molecule has 0 aliphatic rings. The Morgan fingerprint density at radius 2 is 1.56 bits per heavy atom. The van der Waals surface area contributed by atoms with Gasteiger partial charge < -0.3 is 11.1 Å². The maximum absolute atomic E-state index is 5.62. The van der Waals surface area contributed by atoms with E-state index in [1.165, 1.54) is 5.56 Å².